The molecule has 1 heterocycles. The van der Waals surface area contributed by atoms with E-state index in [4.69, 9.17) is 16.3 Å². The second kappa shape index (κ2) is 7.97. The second-order valence-electron chi connectivity index (χ2n) is 6.30. The Morgan fingerprint density at radius 3 is 2.46 bits per heavy atom. The molecule has 0 saturated carbocycles. The van der Waals surface area contributed by atoms with Crippen LogP contribution in [0.2, 0.25) is 5.02 Å². The van der Waals surface area contributed by atoms with Crippen LogP contribution in [-0.2, 0) is 10.7 Å². The van der Waals surface area contributed by atoms with Gasteiger partial charge in [0, 0.05) is 18.3 Å². The molecule has 7 nitrogen and oxygen atoms in total. The van der Waals surface area contributed by atoms with Crippen molar-refractivity contribution in [3.8, 4) is 11.6 Å². The van der Waals surface area contributed by atoms with Crippen molar-refractivity contribution in [1.29, 1.82) is 0 Å². The van der Waals surface area contributed by atoms with E-state index in [2.05, 4.69) is 10.3 Å². The number of hydrogen-bond donors (Lipinski definition) is 1. The molecule has 0 saturated heterocycles. The molecule has 2 rings (SSSR count). The molecule has 1 unspecified atom stereocenters. The molecule has 12 heteroatoms. The van der Waals surface area contributed by atoms with Gasteiger partial charge >= 0.3 is 6.18 Å². The van der Waals surface area contributed by atoms with E-state index in [1.165, 1.54) is 25.5 Å². The zero-order valence-electron chi connectivity index (χ0n) is 15.0. The van der Waals surface area contributed by atoms with Crippen LogP contribution < -0.4 is 10.1 Å². The minimum absolute atomic E-state index is 0.0435. The molecule has 0 aliphatic heterocycles. The van der Waals surface area contributed by atoms with Crippen molar-refractivity contribution < 1.29 is 27.4 Å². The summed E-state index contributed by atoms with van der Waals surface area (Å²) in [6, 6.07) is 4.33. The van der Waals surface area contributed by atoms with Crippen LogP contribution in [-0.4, -0.2) is 29.0 Å². The number of aromatic nitrogens is 1. The van der Waals surface area contributed by atoms with Crippen molar-refractivity contribution in [3.63, 3.8) is 0 Å². The lowest BCUT2D eigenvalue weighted by atomic mass is 10.2. The first-order valence-electron chi connectivity index (χ1n) is 7.79. The zero-order chi connectivity index (χ0) is 21.3. The molecule has 2 aromatic rings. The normalized spacial score (nSPS) is 13.1. The third-order valence-corrected chi connectivity index (χ3v) is 6.08. The van der Waals surface area contributed by atoms with Crippen molar-refractivity contribution >= 4 is 30.1 Å². The van der Waals surface area contributed by atoms with Crippen molar-refractivity contribution in [2.45, 2.75) is 18.9 Å². The average Bonchev–Trinajstić information content (AvgIpc) is 2.54. The van der Waals surface area contributed by atoms with Crippen LogP contribution in [0.5, 0.6) is 11.6 Å². The summed E-state index contributed by atoms with van der Waals surface area (Å²) in [6.07, 6.45) is -4.04. The van der Waals surface area contributed by atoms with E-state index in [0.717, 1.165) is 6.07 Å². The number of pyridine rings is 1. The number of rotatable bonds is 6. The van der Waals surface area contributed by atoms with E-state index in [0.29, 0.717) is 12.3 Å². The standard InChI is InChI=1S/C16H16ClF3N3O4P/c1-9(28(2,3)26)22-13-7-11(4-5-14(13)23(24)25)27-15-12(17)6-10(8-21-15)16(18,19)20/h4-9,22H,1-3H3. The van der Waals surface area contributed by atoms with Crippen LogP contribution in [0.3, 0.4) is 0 Å². The third-order valence-electron chi connectivity index (χ3n) is 3.81. The Hall–Kier alpha value is -2.32. The van der Waals surface area contributed by atoms with Crippen molar-refractivity contribution in [2.24, 2.45) is 0 Å². The lowest BCUT2D eigenvalue weighted by Crippen LogP contribution is -2.15. The predicted octanol–water partition coefficient (Wildman–Crippen LogP) is 5.83. The number of nitrogens with one attached hydrogen (secondary N) is 1. The minimum Gasteiger partial charge on any atom is -0.437 e. The molecule has 152 valence electrons. The number of nitrogens with zero attached hydrogens (tertiary/aromatic N) is 2. The number of hydrogen-bond acceptors (Lipinski definition) is 6. The first-order chi connectivity index (χ1) is 12.8. The van der Waals surface area contributed by atoms with Crippen LogP contribution in [0, 0.1) is 10.1 Å². The molecule has 0 bridgehead atoms. The summed E-state index contributed by atoms with van der Waals surface area (Å²) in [4.78, 5) is 14.2. The number of ether oxygens (including phenoxy) is 1. The van der Waals surface area contributed by atoms with E-state index in [1.807, 2.05) is 0 Å². The fourth-order valence-corrected chi connectivity index (χ4v) is 2.66. The molecule has 0 spiro atoms. The van der Waals surface area contributed by atoms with Crippen LogP contribution in [0.4, 0.5) is 24.5 Å². The lowest BCUT2D eigenvalue weighted by molar-refractivity contribution is -0.384. The van der Waals surface area contributed by atoms with Gasteiger partial charge in [0.2, 0.25) is 5.88 Å². The molecule has 1 aromatic carbocycles. The Labute approximate surface area is 163 Å². The van der Waals surface area contributed by atoms with Crippen molar-refractivity contribution in [2.75, 3.05) is 18.6 Å². The Kier molecular flexibility index (Phi) is 6.25. The maximum atomic E-state index is 12.7. The monoisotopic (exact) mass is 437 g/mol. The van der Waals surface area contributed by atoms with Gasteiger partial charge in [0.05, 0.1) is 16.3 Å². The van der Waals surface area contributed by atoms with Gasteiger partial charge in [0.15, 0.2) is 0 Å². The molecule has 0 amide bonds. The quantitative estimate of drug-likeness (QED) is 0.347. The maximum absolute atomic E-state index is 12.7. The van der Waals surface area contributed by atoms with E-state index in [-0.39, 0.29) is 28.0 Å². The van der Waals surface area contributed by atoms with Crippen molar-refractivity contribution in [3.05, 3.63) is 51.2 Å². The minimum atomic E-state index is -4.61. The highest BCUT2D eigenvalue weighted by Crippen LogP contribution is 2.44. The van der Waals surface area contributed by atoms with Gasteiger partial charge in [-0.2, -0.15) is 13.2 Å². The van der Waals surface area contributed by atoms with Gasteiger partial charge in [-0.1, -0.05) is 11.6 Å². The smallest absolute Gasteiger partial charge is 0.417 e. The summed E-state index contributed by atoms with van der Waals surface area (Å²) in [7, 11) is -2.60. The van der Waals surface area contributed by atoms with Gasteiger partial charge in [0.25, 0.3) is 5.69 Å². The fourth-order valence-electron chi connectivity index (χ4n) is 2.00. The van der Waals surface area contributed by atoms with Gasteiger partial charge in [0.1, 0.15) is 23.6 Å². The molecule has 0 aliphatic rings. The van der Waals surface area contributed by atoms with Crippen LogP contribution >= 0.6 is 18.7 Å². The number of halogens is 4. The topological polar surface area (TPSA) is 94.4 Å². The third kappa shape index (κ3) is 5.36. The molecule has 1 N–H and O–H groups in total. The number of benzene rings is 1. The molecular weight excluding hydrogens is 422 g/mol. The molecule has 0 radical (unpaired) electrons. The van der Waals surface area contributed by atoms with E-state index < -0.39 is 29.6 Å². The fraction of sp³-hybridized carbons (Fsp3) is 0.312. The van der Waals surface area contributed by atoms with E-state index >= 15 is 0 Å². The summed E-state index contributed by atoms with van der Waals surface area (Å²) < 4.78 is 55.6. The summed E-state index contributed by atoms with van der Waals surface area (Å²) in [5.74, 6) is -0.801. The Balaban J connectivity index is 2.36. The van der Waals surface area contributed by atoms with Gasteiger partial charge in [-0.25, -0.2) is 4.98 Å². The average molecular weight is 438 g/mol. The van der Waals surface area contributed by atoms with Crippen LogP contribution in [0.1, 0.15) is 12.5 Å². The van der Waals surface area contributed by atoms with Gasteiger partial charge in [-0.3, -0.25) is 10.1 Å². The maximum Gasteiger partial charge on any atom is 0.417 e. The van der Waals surface area contributed by atoms with E-state index in [1.54, 1.807) is 6.92 Å². The van der Waals surface area contributed by atoms with Gasteiger partial charge in [-0.15, -0.1) is 0 Å². The largest absolute Gasteiger partial charge is 0.437 e. The van der Waals surface area contributed by atoms with Gasteiger partial charge in [-0.05, 0) is 32.4 Å². The summed E-state index contributed by atoms with van der Waals surface area (Å²) in [6.45, 7) is 4.68. The summed E-state index contributed by atoms with van der Waals surface area (Å²) >= 11 is 5.80. The second-order valence-corrected chi connectivity index (χ2v) is 10.4. The predicted molar refractivity (Wildman–Crippen MR) is 100.0 cm³/mol. The number of nitro groups is 1. The molecule has 0 fully saturated rings. The molecular formula is C16H16ClF3N3O4P. The Morgan fingerprint density at radius 2 is 1.96 bits per heavy atom. The van der Waals surface area contributed by atoms with Crippen molar-refractivity contribution in [1.82, 2.24) is 4.98 Å². The molecule has 28 heavy (non-hydrogen) atoms. The number of nitro benzene ring substituents is 1. The SMILES string of the molecule is CC(Nc1cc(Oc2ncc(C(F)(F)F)cc2Cl)ccc1[N+](=O)[O-])P(C)(C)=O. The van der Waals surface area contributed by atoms with Crippen LogP contribution in [0.15, 0.2) is 30.5 Å². The Bertz CT molecular complexity index is 949. The summed E-state index contributed by atoms with van der Waals surface area (Å²) in [5, 5.41) is 13.7. The first kappa shape index (κ1) is 22.0. The highest BCUT2D eigenvalue weighted by molar-refractivity contribution is 7.63. The van der Waals surface area contributed by atoms with E-state index in [9.17, 15) is 27.9 Å². The highest BCUT2D eigenvalue weighted by Gasteiger charge is 2.32. The zero-order valence-corrected chi connectivity index (χ0v) is 16.6. The van der Waals surface area contributed by atoms with Crippen LogP contribution in [0.25, 0.3) is 0 Å². The Morgan fingerprint density at radius 1 is 1.32 bits per heavy atom. The summed E-state index contributed by atoms with van der Waals surface area (Å²) in [5.41, 5.74) is -1.27. The lowest BCUT2D eigenvalue weighted by Gasteiger charge is -2.19. The number of alkyl halides is 3. The first-order valence-corrected chi connectivity index (χ1v) is 10.8. The number of anilines is 1. The molecule has 0 aliphatic carbocycles. The molecule has 1 aromatic heterocycles. The molecule has 1 atom stereocenters. The van der Waals surface area contributed by atoms with Gasteiger partial charge < -0.3 is 14.6 Å². The highest BCUT2D eigenvalue weighted by atomic mass is 35.5.